The molecule has 0 atom stereocenters. The van der Waals surface area contributed by atoms with Gasteiger partial charge in [0, 0.05) is 26.4 Å². The first-order chi connectivity index (χ1) is 6.70. The number of halogens is 2. The molecule has 5 heteroatoms. The Kier molecular flexibility index (Phi) is 2.85. The Bertz CT molecular complexity index is 470. The van der Waals surface area contributed by atoms with Crippen molar-refractivity contribution in [3.63, 3.8) is 0 Å². The molecule has 0 saturated carbocycles. The SMILES string of the molecule is Cc1c(Cl)ncnc1-c1cscc1Br. The molecule has 0 N–H and O–H groups in total. The maximum atomic E-state index is 5.92. The van der Waals surface area contributed by atoms with Crippen molar-refractivity contribution in [3.8, 4) is 11.3 Å². The molecule has 2 aromatic heterocycles. The Labute approximate surface area is 99.1 Å². The molecule has 0 fully saturated rings. The van der Waals surface area contributed by atoms with E-state index in [1.54, 1.807) is 11.3 Å². The molecule has 0 radical (unpaired) electrons. The number of thiophene rings is 1. The molecule has 14 heavy (non-hydrogen) atoms. The molecular weight excluding hydrogens is 284 g/mol. The van der Waals surface area contributed by atoms with Gasteiger partial charge in [0.25, 0.3) is 0 Å². The Balaban J connectivity index is 2.63. The molecule has 0 aliphatic heterocycles. The fourth-order valence-corrected chi connectivity index (χ4v) is 2.75. The summed E-state index contributed by atoms with van der Waals surface area (Å²) >= 11 is 11.0. The number of hydrogen-bond acceptors (Lipinski definition) is 3. The fraction of sp³-hybridized carbons (Fsp3) is 0.111. The number of nitrogens with zero attached hydrogens (tertiary/aromatic N) is 2. The van der Waals surface area contributed by atoms with Crippen molar-refractivity contribution in [1.82, 2.24) is 9.97 Å². The van der Waals surface area contributed by atoms with Gasteiger partial charge in [-0.3, -0.25) is 0 Å². The zero-order valence-electron chi connectivity index (χ0n) is 7.29. The van der Waals surface area contributed by atoms with E-state index in [0.29, 0.717) is 5.15 Å². The van der Waals surface area contributed by atoms with Crippen molar-refractivity contribution in [3.05, 3.63) is 32.3 Å². The van der Waals surface area contributed by atoms with E-state index in [1.165, 1.54) is 6.33 Å². The first-order valence-corrected chi connectivity index (χ1v) is 6.00. The van der Waals surface area contributed by atoms with Crippen LogP contribution in [0.3, 0.4) is 0 Å². The smallest absolute Gasteiger partial charge is 0.135 e. The summed E-state index contributed by atoms with van der Waals surface area (Å²) in [6.07, 6.45) is 1.48. The zero-order valence-corrected chi connectivity index (χ0v) is 10.4. The van der Waals surface area contributed by atoms with Crippen molar-refractivity contribution in [2.45, 2.75) is 6.92 Å². The van der Waals surface area contributed by atoms with Crippen LogP contribution in [0.2, 0.25) is 5.15 Å². The highest BCUT2D eigenvalue weighted by molar-refractivity contribution is 9.10. The summed E-state index contributed by atoms with van der Waals surface area (Å²) in [5, 5.41) is 4.56. The van der Waals surface area contributed by atoms with Gasteiger partial charge in [-0.15, -0.1) is 0 Å². The minimum Gasteiger partial charge on any atom is -0.236 e. The van der Waals surface area contributed by atoms with E-state index in [0.717, 1.165) is 21.3 Å². The standard InChI is InChI=1S/C9H6BrClN2S/c1-5-8(12-4-13-9(5)11)6-2-14-3-7(6)10/h2-4H,1H3. The van der Waals surface area contributed by atoms with Gasteiger partial charge >= 0.3 is 0 Å². The van der Waals surface area contributed by atoms with Crippen LogP contribution in [0.15, 0.2) is 21.6 Å². The van der Waals surface area contributed by atoms with Gasteiger partial charge in [-0.2, -0.15) is 11.3 Å². The highest BCUT2D eigenvalue weighted by Crippen LogP contribution is 2.33. The maximum absolute atomic E-state index is 5.92. The van der Waals surface area contributed by atoms with Crippen LogP contribution in [0.25, 0.3) is 11.3 Å². The van der Waals surface area contributed by atoms with E-state index in [1.807, 2.05) is 17.7 Å². The van der Waals surface area contributed by atoms with Crippen LogP contribution in [-0.2, 0) is 0 Å². The second kappa shape index (κ2) is 3.96. The molecule has 0 unspecified atom stereocenters. The quantitative estimate of drug-likeness (QED) is 0.743. The van der Waals surface area contributed by atoms with Gasteiger partial charge in [0.2, 0.25) is 0 Å². The predicted octanol–water partition coefficient (Wildman–Crippen LogP) is 3.93. The van der Waals surface area contributed by atoms with Gasteiger partial charge in [-0.25, -0.2) is 9.97 Å². The molecule has 2 nitrogen and oxygen atoms in total. The van der Waals surface area contributed by atoms with Crippen LogP contribution in [0.4, 0.5) is 0 Å². The average Bonchev–Trinajstić information content (AvgIpc) is 2.57. The Hall–Kier alpha value is -0.450. The van der Waals surface area contributed by atoms with Gasteiger partial charge < -0.3 is 0 Å². The van der Waals surface area contributed by atoms with Gasteiger partial charge in [0.15, 0.2) is 0 Å². The number of aromatic nitrogens is 2. The first kappa shape index (κ1) is 10.1. The molecule has 0 aliphatic carbocycles. The van der Waals surface area contributed by atoms with E-state index >= 15 is 0 Å². The summed E-state index contributed by atoms with van der Waals surface area (Å²) in [7, 11) is 0. The summed E-state index contributed by atoms with van der Waals surface area (Å²) in [5.41, 5.74) is 2.86. The molecule has 0 aliphatic rings. The molecule has 0 spiro atoms. The van der Waals surface area contributed by atoms with E-state index in [2.05, 4.69) is 25.9 Å². The van der Waals surface area contributed by atoms with Crippen molar-refractivity contribution in [2.75, 3.05) is 0 Å². The van der Waals surface area contributed by atoms with Crippen LogP contribution in [0, 0.1) is 6.92 Å². The minimum absolute atomic E-state index is 0.508. The number of rotatable bonds is 1. The lowest BCUT2D eigenvalue weighted by Crippen LogP contribution is -1.90. The van der Waals surface area contributed by atoms with E-state index in [-0.39, 0.29) is 0 Å². The monoisotopic (exact) mass is 288 g/mol. The summed E-state index contributed by atoms with van der Waals surface area (Å²) in [6, 6.07) is 0. The summed E-state index contributed by atoms with van der Waals surface area (Å²) in [5.74, 6) is 0. The Morgan fingerprint density at radius 1 is 1.36 bits per heavy atom. The summed E-state index contributed by atoms with van der Waals surface area (Å²) in [6.45, 7) is 1.92. The molecule has 2 aromatic rings. The lowest BCUT2D eigenvalue weighted by Gasteiger charge is -2.03. The van der Waals surface area contributed by atoms with Crippen LogP contribution < -0.4 is 0 Å². The van der Waals surface area contributed by atoms with Crippen molar-refractivity contribution in [1.29, 1.82) is 0 Å². The molecule has 2 rings (SSSR count). The second-order valence-corrected chi connectivity index (χ2v) is 4.73. The summed E-state index contributed by atoms with van der Waals surface area (Å²) < 4.78 is 1.04. The molecule has 72 valence electrons. The normalized spacial score (nSPS) is 10.5. The van der Waals surface area contributed by atoms with Crippen LogP contribution >= 0.6 is 38.9 Å². The third-order valence-corrected chi connectivity index (χ3v) is 3.98. The van der Waals surface area contributed by atoms with Gasteiger partial charge in [0.05, 0.1) is 5.69 Å². The molecule has 0 amide bonds. The van der Waals surface area contributed by atoms with Gasteiger partial charge in [0.1, 0.15) is 11.5 Å². The average molecular weight is 290 g/mol. The maximum Gasteiger partial charge on any atom is 0.135 e. The van der Waals surface area contributed by atoms with E-state index in [4.69, 9.17) is 11.6 Å². The van der Waals surface area contributed by atoms with Crippen molar-refractivity contribution < 1.29 is 0 Å². The number of hydrogen-bond donors (Lipinski definition) is 0. The minimum atomic E-state index is 0.508. The third kappa shape index (κ3) is 1.69. The molecule has 0 bridgehead atoms. The lowest BCUT2D eigenvalue weighted by molar-refractivity contribution is 1.13. The topological polar surface area (TPSA) is 25.8 Å². The summed E-state index contributed by atoms with van der Waals surface area (Å²) in [4.78, 5) is 8.14. The molecule has 2 heterocycles. The first-order valence-electron chi connectivity index (χ1n) is 3.89. The molecular formula is C9H6BrClN2S. The highest BCUT2D eigenvalue weighted by atomic mass is 79.9. The largest absolute Gasteiger partial charge is 0.236 e. The fourth-order valence-electron chi connectivity index (χ4n) is 1.15. The van der Waals surface area contributed by atoms with Crippen molar-refractivity contribution in [2.24, 2.45) is 0 Å². The lowest BCUT2D eigenvalue weighted by atomic mass is 10.1. The highest BCUT2D eigenvalue weighted by Gasteiger charge is 2.10. The van der Waals surface area contributed by atoms with E-state index in [9.17, 15) is 0 Å². The molecule has 0 aromatic carbocycles. The van der Waals surface area contributed by atoms with Crippen LogP contribution in [-0.4, -0.2) is 9.97 Å². The Morgan fingerprint density at radius 3 is 2.79 bits per heavy atom. The van der Waals surface area contributed by atoms with Gasteiger partial charge in [-0.05, 0) is 22.9 Å². The third-order valence-electron chi connectivity index (χ3n) is 1.89. The Morgan fingerprint density at radius 2 is 2.14 bits per heavy atom. The van der Waals surface area contributed by atoms with E-state index < -0.39 is 0 Å². The zero-order chi connectivity index (χ0) is 10.1. The predicted molar refractivity (Wildman–Crippen MR) is 62.8 cm³/mol. The van der Waals surface area contributed by atoms with Crippen molar-refractivity contribution >= 4 is 38.9 Å². The van der Waals surface area contributed by atoms with Crippen LogP contribution in [0.5, 0.6) is 0 Å². The molecule has 0 saturated heterocycles. The second-order valence-electron chi connectivity index (χ2n) is 2.77. The van der Waals surface area contributed by atoms with Gasteiger partial charge in [-0.1, -0.05) is 11.6 Å². The van der Waals surface area contributed by atoms with Crippen LogP contribution in [0.1, 0.15) is 5.56 Å².